The standard InChI is InChI=1S/C64H102O33/c1-24-34(70)40(76)47(95-50-44(80)41(77)45(25(2)89-50)93-53-46(94-51-42(78)38(74)35(71)29(18-65)90-51)37(73)31(20-86-53)92-55-48(81)64(85,22-68)23-87-55)54(88-24)97-57(84)62-13-12-58(3,4)16-27(62)26-8-9-32-59(5)17-28(69)49(96-52-43(79)39(75)36(72)30(19-66)91-52)61(7,56(82)83)33(59)10-11-60(32,6)63(26,21-67)15-14-62/h8,24-25,27-55,65-81,85H,9-23H2,1-7H3,(H,82,83). The highest BCUT2D eigenvalue weighted by Crippen LogP contribution is 2.76. The average molecular weight is 1400 g/mol. The first kappa shape index (κ1) is 75.7. The Labute approximate surface area is 559 Å². The van der Waals surface area contributed by atoms with Crippen LogP contribution in [0.25, 0.3) is 0 Å². The number of hydrogen-bond donors (Lipinski definition) is 19. The Morgan fingerprint density at radius 1 is 0.546 bits per heavy atom. The number of carboxylic acids is 1. The fraction of sp³-hybridized carbons (Fsp3) is 0.938. The van der Waals surface area contributed by atoms with Gasteiger partial charge in [-0.15, -0.1) is 0 Å². The van der Waals surface area contributed by atoms with E-state index in [0.29, 0.717) is 32.1 Å². The van der Waals surface area contributed by atoms with Crippen LogP contribution in [0.15, 0.2) is 11.6 Å². The van der Waals surface area contributed by atoms with E-state index < -0.39 is 262 Å². The molecule has 0 aromatic carbocycles. The summed E-state index contributed by atoms with van der Waals surface area (Å²) in [5.41, 5.74) is -7.55. The summed E-state index contributed by atoms with van der Waals surface area (Å²) in [6, 6.07) is 0. The van der Waals surface area contributed by atoms with E-state index in [2.05, 4.69) is 26.8 Å². The second kappa shape index (κ2) is 27.9. The maximum absolute atomic E-state index is 15.7. The lowest BCUT2D eigenvalue weighted by atomic mass is 9.33. The molecule has 6 saturated heterocycles. The molecule has 10 fully saturated rings. The monoisotopic (exact) mass is 1400 g/mol. The summed E-state index contributed by atoms with van der Waals surface area (Å²) in [5.74, 6) is -3.68. The predicted molar refractivity (Wildman–Crippen MR) is 318 cm³/mol. The molecule has 11 rings (SSSR count). The van der Waals surface area contributed by atoms with E-state index in [1.807, 2.05) is 6.92 Å². The van der Waals surface area contributed by atoms with Gasteiger partial charge < -0.3 is 154 Å². The number of esters is 1. The quantitative estimate of drug-likeness (QED) is 0.0366. The Hall–Kier alpha value is -2.48. The van der Waals surface area contributed by atoms with Gasteiger partial charge in [-0.2, -0.15) is 0 Å². The highest BCUT2D eigenvalue weighted by molar-refractivity contribution is 5.79. The number of aliphatic hydroxyl groups excluding tert-OH is 17. The topological polar surface area (TPSA) is 529 Å². The number of carbonyl (C=O) groups is 2. The van der Waals surface area contributed by atoms with E-state index in [1.165, 1.54) is 20.8 Å². The zero-order chi connectivity index (χ0) is 70.9. The van der Waals surface area contributed by atoms with Crippen LogP contribution < -0.4 is 0 Å². The lowest BCUT2D eigenvalue weighted by Crippen LogP contribution is -2.71. The van der Waals surface area contributed by atoms with E-state index in [4.69, 9.17) is 56.8 Å². The molecule has 0 radical (unpaired) electrons. The van der Waals surface area contributed by atoms with Crippen molar-refractivity contribution in [1.82, 2.24) is 0 Å². The minimum atomic E-state index is -2.15. The smallest absolute Gasteiger partial charge is 0.315 e. The molecule has 11 aliphatic rings. The molecule has 97 heavy (non-hydrogen) atoms. The summed E-state index contributed by atoms with van der Waals surface area (Å²) in [6.07, 6.45) is -43.9. The number of carbonyl (C=O) groups excluding carboxylic acids is 1. The van der Waals surface area contributed by atoms with Crippen molar-refractivity contribution in [2.45, 2.75) is 284 Å². The van der Waals surface area contributed by atoms with Crippen LogP contribution in [0.2, 0.25) is 0 Å². The van der Waals surface area contributed by atoms with Gasteiger partial charge in [-0.25, -0.2) is 0 Å². The second-order valence-corrected chi connectivity index (χ2v) is 30.9. The number of aliphatic carboxylic acids is 1. The first-order valence-corrected chi connectivity index (χ1v) is 33.8. The van der Waals surface area contributed by atoms with E-state index in [9.17, 15) is 102 Å². The fourth-order valence-electron chi connectivity index (χ4n) is 19.0. The molecule has 6 heterocycles. The van der Waals surface area contributed by atoms with E-state index in [-0.39, 0.29) is 43.6 Å². The molecule has 37 atom stereocenters. The third-order valence-electron chi connectivity index (χ3n) is 25.0. The number of aliphatic hydroxyl groups is 18. The summed E-state index contributed by atoms with van der Waals surface area (Å²) in [6.45, 7) is 8.39. The third-order valence-corrected chi connectivity index (χ3v) is 25.0. The fourth-order valence-corrected chi connectivity index (χ4v) is 19.0. The molecule has 0 aromatic heterocycles. The van der Waals surface area contributed by atoms with E-state index >= 15 is 4.79 Å². The number of ether oxygens (including phenoxy) is 12. The number of allylic oxidation sites excluding steroid dienone is 1. The highest BCUT2D eigenvalue weighted by Gasteiger charge is 2.74. The van der Waals surface area contributed by atoms with Crippen molar-refractivity contribution in [2.75, 3.05) is 39.6 Å². The van der Waals surface area contributed by atoms with Crippen LogP contribution in [0.5, 0.6) is 0 Å². The summed E-state index contributed by atoms with van der Waals surface area (Å²) < 4.78 is 71.5. The Morgan fingerprint density at radius 2 is 1.10 bits per heavy atom. The number of carboxylic acid groups (broad SMARTS) is 1. The van der Waals surface area contributed by atoms with E-state index in [1.54, 1.807) is 0 Å². The summed E-state index contributed by atoms with van der Waals surface area (Å²) in [5, 5.41) is 209. The molecule has 0 bridgehead atoms. The molecule has 0 amide bonds. The van der Waals surface area contributed by atoms with Gasteiger partial charge in [0.25, 0.3) is 0 Å². The Bertz CT molecular complexity index is 2800. The van der Waals surface area contributed by atoms with Crippen LogP contribution in [-0.4, -0.2) is 326 Å². The molecule has 0 aromatic rings. The molecular weight excluding hydrogens is 1300 g/mol. The SMILES string of the molecule is CC1OC(OC(=O)C23CCC(C)(C)CC2C2=CCC4C5(C)CC(O)C(OC6OC(CO)C(O)C(O)C6O)C(C)(C(=O)O)C5CCC4(C)C2(CO)CC3)C(OC2OC(C)C(OC3OCC(OC4OCC(O)(CO)C4O)C(O)C3OC3OC(CO)C(O)C(O)C3O)C(O)C2O)C(O)C1O. The molecular formula is C64H102O33. The van der Waals surface area contributed by atoms with Gasteiger partial charge in [-0.1, -0.05) is 39.3 Å². The van der Waals surface area contributed by atoms with Crippen LogP contribution in [-0.2, 0) is 66.4 Å². The van der Waals surface area contributed by atoms with Crippen molar-refractivity contribution >= 4 is 11.9 Å². The largest absolute Gasteiger partial charge is 0.481 e. The van der Waals surface area contributed by atoms with Gasteiger partial charge in [-0.05, 0) is 113 Å². The minimum Gasteiger partial charge on any atom is -0.481 e. The van der Waals surface area contributed by atoms with Gasteiger partial charge in [0.15, 0.2) is 37.6 Å². The van der Waals surface area contributed by atoms with E-state index in [0.717, 1.165) is 5.57 Å². The predicted octanol–water partition coefficient (Wildman–Crippen LogP) is -6.04. The number of hydrogen-bond acceptors (Lipinski definition) is 32. The van der Waals surface area contributed by atoms with Crippen LogP contribution in [0.3, 0.4) is 0 Å². The summed E-state index contributed by atoms with van der Waals surface area (Å²) in [7, 11) is 0. The molecule has 6 aliphatic heterocycles. The van der Waals surface area contributed by atoms with Crippen LogP contribution in [0, 0.1) is 50.2 Å². The molecule has 5 aliphatic carbocycles. The van der Waals surface area contributed by atoms with Crippen LogP contribution in [0.4, 0.5) is 0 Å². The number of fused-ring (bicyclic) bond motifs is 7. The first-order chi connectivity index (χ1) is 45.5. The Kier molecular flexibility index (Phi) is 21.7. The van der Waals surface area contributed by atoms with Gasteiger partial charge in [0.2, 0.25) is 6.29 Å². The zero-order valence-electron chi connectivity index (χ0n) is 55.3. The highest BCUT2D eigenvalue weighted by atomic mass is 16.8. The molecule has 33 heteroatoms. The van der Waals surface area contributed by atoms with Crippen LogP contribution in [0.1, 0.15) is 106 Å². The third kappa shape index (κ3) is 12.5. The van der Waals surface area contributed by atoms with Crippen molar-refractivity contribution in [2.24, 2.45) is 50.2 Å². The molecule has 0 spiro atoms. The summed E-state index contributed by atoms with van der Waals surface area (Å²) >= 11 is 0. The molecule has 556 valence electrons. The van der Waals surface area contributed by atoms with Gasteiger partial charge in [0.05, 0.1) is 68.8 Å². The lowest BCUT2D eigenvalue weighted by Gasteiger charge is -2.71. The Balaban J connectivity index is 0.818. The first-order valence-electron chi connectivity index (χ1n) is 33.8. The van der Waals surface area contributed by atoms with Crippen molar-refractivity contribution in [3.8, 4) is 0 Å². The maximum atomic E-state index is 15.7. The number of rotatable bonds is 17. The second-order valence-electron chi connectivity index (χ2n) is 30.9. The Morgan fingerprint density at radius 3 is 1.69 bits per heavy atom. The minimum absolute atomic E-state index is 0.00992. The molecule has 33 nitrogen and oxygen atoms in total. The molecule has 37 unspecified atom stereocenters. The molecule has 19 N–H and O–H groups in total. The molecule has 4 saturated carbocycles. The normalized spacial score (nSPS) is 54.5. The van der Waals surface area contributed by atoms with Crippen molar-refractivity contribution < 1.29 is 163 Å². The van der Waals surface area contributed by atoms with Gasteiger partial charge in [0, 0.05) is 5.41 Å². The average Bonchev–Trinajstić information content (AvgIpc) is 0.989. The van der Waals surface area contributed by atoms with Crippen molar-refractivity contribution in [1.29, 1.82) is 0 Å². The van der Waals surface area contributed by atoms with Gasteiger partial charge in [-0.3, -0.25) is 9.59 Å². The van der Waals surface area contributed by atoms with Gasteiger partial charge in [0.1, 0.15) is 115 Å². The van der Waals surface area contributed by atoms with Crippen molar-refractivity contribution in [3.05, 3.63) is 11.6 Å². The lowest BCUT2D eigenvalue weighted by molar-refractivity contribution is -0.390. The zero-order valence-corrected chi connectivity index (χ0v) is 55.3. The van der Waals surface area contributed by atoms with Crippen molar-refractivity contribution in [3.63, 3.8) is 0 Å². The maximum Gasteiger partial charge on any atom is 0.315 e. The van der Waals surface area contributed by atoms with Gasteiger partial charge >= 0.3 is 11.9 Å². The van der Waals surface area contributed by atoms with Crippen LogP contribution >= 0.6 is 0 Å². The summed E-state index contributed by atoms with van der Waals surface area (Å²) in [4.78, 5) is 29.5.